The van der Waals surface area contributed by atoms with Gasteiger partial charge < -0.3 is 15.5 Å². The average Bonchev–Trinajstić information content (AvgIpc) is 3.29. The zero-order chi connectivity index (χ0) is 20.8. The van der Waals surface area contributed by atoms with Gasteiger partial charge in [0.15, 0.2) is 0 Å². The molecule has 2 fully saturated rings. The van der Waals surface area contributed by atoms with Gasteiger partial charge in [0.1, 0.15) is 0 Å². The summed E-state index contributed by atoms with van der Waals surface area (Å²) in [6.07, 6.45) is 2.36. The Labute approximate surface area is 168 Å². The molecule has 3 rings (SSSR count). The number of imide groups is 1. The number of hydrogen-bond donors (Lipinski definition) is 2. The van der Waals surface area contributed by atoms with Crippen LogP contribution in [0.25, 0.3) is 0 Å². The number of nitrogens with one attached hydrogen (secondary N) is 2. The monoisotopic (exact) mass is 400 g/mol. The maximum atomic E-state index is 12.2. The predicted molar refractivity (Wildman–Crippen MR) is 104 cm³/mol. The molecule has 0 aliphatic carbocycles. The summed E-state index contributed by atoms with van der Waals surface area (Å²) in [5, 5.41) is 5.19. The van der Waals surface area contributed by atoms with Gasteiger partial charge >= 0.3 is 0 Å². The highest BCUT2D eigenvalue weighted by Gasteiger charge is 2.28. The fourth-order valence-corrected chi connectivity index (χ4v) is 3.38. The summed E-state index contributed by atoms with van der Waals surface area (Å²) in [7, 11) is 0. The highest BCUT2D eigenvalue weighted by atomic mass is 16.2. The zero-order valence-corrected chi connectivity index (χ0v) is 16.1. The first kappa shape index (κ1) is 20.5. The minimum atomic E-state index is -0.382. The standard InChI is InChI=1S/C20H24N4O5/c25-16(21-10-2-12-24-18(27)8-9-19(24)28)13-22-20(29)14-4-6-15(7-5-14)23-11-1-3-17(23)26/h4-7H,1-3,8-13H2,(H,21,25)(H,22,29). The van der Waals surface area contributed by atoms with Gasteiger partial charge in [0.2, 0.25) is 23.6 Å². The topological polar surface area (TPSA) is 116 Å². The van der Waals surface area contributed by atoms with Gasteiger partial charge in [0, 0.05) is 50.1 Å². The molecule has 0 radical (unpaired) electrons. The summed E-state index contributed by atoms with van der Waals surface area (Å²) in [6, 6.07) is 6.69. The number of carbonyl (C=O) groups excluding carboxylic acids is 5. The van der Waals surface area contributed by atoms with Crippen LogP contribution in [0.1, 0.15) is 42.5 Å². The highest BCUT2D eigenvalue weighted by molar-refractivity contribution is 6.02. The van der Waals surface area contributed by atoms with E-state index in [1.165, 1.54) is 4.90 Å². The summed E-state index contributed by atoms with van der Waals surface area (Å²) in [6.45, 7) is 1.11. The van der Waals surface area contributed by atoms with Crippen molar-refractivity contribution in [1.29, 1.82) is 0 Å². The molecule has 2 aliphatic rings. The first-order valence-corrected chi connectivity index (χ1v) is 9.74. The third kappa shape index (κ3) is 5.18. The van der Waals surface area contributed by atoms with Gasteiger partial charge in [-0.1, -0.05) is 0 Å². The van der Waals surface area contributed by atoms with Crippen molar-refractivity contribution < 1.29 is 24.0 Å². The number of hydrogen-bond acceptors (Lipinski definition) is 5. The lowest BCUT2D eigenvalue weighted by Gasteiger charge is -2.16. The van der Waals surface area contributed by atoms with E-state index in [4.69, 9.17) is 0 Å². The van der Waals surface area contributed by atoms with Crippen molar-refractivity contribution in [2.24, 2.45) is 0 Å². The van der Waals surface area contributed by atoms with Gasteiger partial charge in [-0.05, 0) is 37.1 Å². The van der Waals surface area contributed by atoms with Crippen molar-refractivity contribution in [3.63, 3.8) is 0 Å². The molecule has 9 nitrogen and oxygen atoms in total. The molecule has 2 aliphatic heterocycles. The molecule has 2 saturated heterocycles. The SMILES string of the molecule is O=C(CNC(=O)c1ccc(N2CCCC2=O)cc1)NCCCN1C(=O)CCC1=O. The highest BCUT2D eigenvalue weighted by Crippen LogP contribution is 2.21. The summed E-state index contributed by atoms with van der Waals surface area (Å²) in [5.41, 5.74) is 1.16. The molecule has 1 aromatic carbocycles. The lowest BCUT2D eigenvalue weighted by Crippen LogP contribution is -2.38. The normalized spacial score (nSPS) is 16.5. The van der Waals surface area contributed by atoms with Crippen molar-refractivity contribution in [1.82, 2.24) is 15.5 Å². The van der Waals surface area contributed by atoms with Crippen molar-refractivity contribution >= 4 is 35.2 Å². The van der Waals surface area contributed by atoms with Crippen LogP contribution in [-0.4, -0.2) is 60.6 Å². The van der Waals surface area contributed by atoms with Gasteiger partial charge in [0.25, 0.3) is 5.91 Å². The largest absolute Gasteiger partial charge is 0.355 e. The van der Waals surface area contributed by atoms with Crippen LogP contribution >= 0.6 is 0 Å². The molecule has 0 unspecified atom stereocenters. The van der Waals surface area contributed by atoms with Gasteiger partial charge in [-0.2, -0.15) is 0 Å². The van der Waals surface area contributed by atoms with Gasteiger partial charge in [0.05, 0.1) is 6.54 Å². The third-order valence-corrected chi connectivity index (χ3v) is 4.96. The second kappa shape index (κ2) is 9.31. The maximum absolute atomic E-state index is 12.2. The van der Waals surface area contributed by atoms with Crippen LogP contribution in [0.5, 0.6) is 0 Å². The van der Waals surface area contributed by atoms with Crippen molar-refractivity contribution in [3.05, 3.63) is 29.8 Å². The van der Waals surface area contributed by atoms with Crippen LogP contribution in [0.3, 0.4) is 0 Å². The first-order chi connectivity index (χ1) is 14.0. The number of rotatable bonds is 8. The summed E-state index contributed by atoms with van der Waals surface area (Å²) >= 11 is 0. The van der Waals surface area contributed by atoms with E-state index in [1.54, 1.807) is 29.2 Å². The van der Waals surface area contributed by atoms with Crippen LogP contribution < -0.4 is 15.5 Å². The summed E-state index contributed by atoms with van der Waals surface area (Å²) in [5.74, 6) is -0.996. The molecule has 0 aromatic heterocycles. The maximum Gasteiger partial charge on any atom is 0.251 e. The Morgan fingerprint density at radius 2 is 1.59 bits per heavy atom. The molecule has 0 spiro atoms. The molecule has 1 aromatic rings. The molecule has 0 saturated carbocycles. The molecule has 9 heteroatoms. The number of carbonyl (C=O) groups is 5. The van der Waals surface area contributed by atoms with Gasteiger partial charge in [-0.15, -0.1) is 0 Å². The Bertz CT molecular complexity index is 805. The lowest BCUT2D eigenvalue weighted by molar-refractivity contribution is -0.138. The Morgan fingerprint density at radius 3 is 2.21 bits per heavy atom. The first-order valence-electron chi connectivity index (χ1n) is 9.74. The van der Waals surface area contributed by atoms with Crippen LogP contribution in [0, 0.1) is 0 Å². The number of anilines is 1. The van der Waals surface area contributed by atoms with E-state index in [0.29, 0.717) is 31.5 Å². The molecular weight excluding hydrogens is 376 g/mol. The number of amides is 5. The molecule has 154 valence electrons. The number of nitrogens with zero attached hydrogens (tertiary/aromatic N) is 2. The molecule has 29 heavy (non-hydrogen) atoms. The third-order valence-electron chi connectivity index (χ3n) is 4.96. The quantitative estimate of drug-likeness (QED) is 0.478. The van der Waals surface area contributed by atoms with E-state index in [9.17, 15) is 24.0 Å². The summed E-state index contributed by atoms with van der Waals surface area (Å²) < 4.78 is 0. The Kier molecular flexibility index (Phi) is 6.58. The van der Waals surface area contributed by atoms with Crippen LogP contribution in [0.4, 0.5) is 5.69 Å². The van der Waals surface area contributed by atoms with Crippen molar-refractivity contribution in [3.8, 4) is 0 Å². The van der Waals surface area contributed by atoms with Crippen LogP contribution in [0.2, 0.25) is 0 Å². The van der Waals surface area contributed by atoms with E-state index in [0.717, 1.165) is 12.1 Å². The number of likely N-dealkylation sites (tertiary alicyclic amines) is 1. The van der Waals surface area contributed by atoms with E-state index < -0.39 is 0 Å². The molecule has 5 amide bonds. The lowest BCUT2D eigenvalue weighted by atomic mass is 10.2. The van der Waals surface area contributed by atoms with Gasteiger partial charge in [-0.3, -0.25) is 28.9 Å². The molecule has 0 bridgehead atoms. The van der Waals surface area contributed by atoms with Crippen molar-refractivity contribution in [2.75, 3.05) is 31.1 Å². The van der Waals surface area contributed by atoms with E-state index >= 15 is 0 Å². The van der Waals surface area contributed by atoms with Crippen molar-refractivity contribution in [2.45, 2.75) is 32.1 Å². The minimum absolute atomic E-state index is 0.0809. The number of benzene rings is 1. The Balaban J connectivity index is 1.36. The molecule has 2 heterocycles. The second-order valence-electron chi connectivity index (χ2n) is 7.02. The van der Waals surface area contributed by atoms with Gasteiger partial charge in [-0.25, -0.2) is 0 Å². The Morgan fingerprint density at radius 1 is 0.897 bits per heavy atom. The van der Waals surface area contributed by atoms with E-state index in [2.05, 4.69) is 10.6 Å². The Hall–Kier alpha value is -3.23. The second-order valence-corrected chi connectivity index (χ2v) is 7.02. The smallest absolute Gasteiger partial charge is 0.251 e. The summed E-state index contributed by atoms with van der Waals surface area (Å²) in [4.78, 5) is 61.7. The average molecular weight is 400 g/mol. The predicted octanol–water partition coefficient (Wildman–Crippen LogP) is 0.198. The molecule has 0 atom stereocenters. The minimum Gasteiger partial charge on any atom is -0.355 e. The van der Waals surface area contributed by atoms with Crippen LogP contribution in [0.15, 0.2) is 24.3 Å². The fraction of sp³-hybridized carbons (Fsp3) is 0.450. The molecule has 2 N–H and O–H groups in total. The fourth-order valence-electron chi connectivity index (χ4n) is 3.38. The van der Waals surface area contributed by atoms with E-state index in [-0.39, 0.29) is 55.5 Å². The molecular formula is C20H24N4O5. The van der Waals surface area contributed by atoms with Crippen LogP contribution in [-0.2, 0) is 19.2 Å². The van der Waals surface area contributed by atoms with E-state index in [1.807, 2.05) is 0 Å². The zero-order valence-electron chi connectivity index (χ0n) is 16.1.